The molecule has 0 aromatic heterocycles. The third-order valence-corrected chi connectivity index (χ3v) is 2.66. The quantitative estimate of drug-likeness (QED) is 0.472. The van der Waals surface area contributed by atoms with Crippen molar-refractivity contribution in [2.45, 2.75) is 13.3 Å². The summed E-state index contributed by atoms with van der Waals surface area (Å²) in [6.45, 7) is 1.44. The second-order valence-corrected chi connectivity index (χ2v) is 4.14. The Labute approximate surface area is 115 Å². The number of Topliss-reactive ketones (excluding diaryl/α,β-unsaturated/α-hetero) is 1. The molecular formula is C13H13N3O4. The predicted octanol–water partition coefficient (Wildman–Crippen LogP) is 0.982. The zero-order valence-corrected chi connectivity index (χ0v) is 10.8. The van der Waals surface area contributed by atoms with Gasteiger partial charge >= 0.3 is 0 Å². The third-order valence-electron chi connectivity index (χ3n) is 2.66. The smallest absolute Gasteiger partial charge is 0.269 e. The number of benzene rings is 1. The molecule has 0 aliphatic carbocycles. The predicted molar refractivity (Wildman–Crippen MR) is 69.6 cm³/mol. The van der Waals surface area contributed by atoms with Crippen LogP contribution in [0.3, 0.4) is 0 Å². The van der Waals surface area contributed by atoms with Gasteiger partial charge in [-0.25, -0.2) is 0 Å². The van der Waals surface area contributed by atoms with Crippen LogP contribution >= 0.6 is 0 Å². The largest absolute Gasteiger partial charge is 0.354 e. The molecule has 1 amide bonds. The van der Waals surface area contributed by atoms with E-state index in [2.05, 4.69) is 5.32 Å². The van der Waals surface area contributed by atoms with Crippen LogP contribution in [0.2, 0.25) is 0 Å². The molecule has 1 N–H and O–H groups in total. The summed E-state index contributed by atoms with van der Waals surface area (Å²) in [4.78, 5) is 32.5. The van der Waals surface area contributed by atoms with Crippen molar-refractivity contribution in [2.24, 2.45) is 5.92 Å². The highest BCUT2D eigenvalue weighted by molar-refractivity contribution is 6.02. The average Bonchev–Trinajstić information content (AvgIpc) is 2.39. The molecule has 1 atom stereocenters. The van der Waals surface area contributed by atoms with Gasteiger partial charge in [-0.05, 0) is 18.9 Å². The second-order valence-electron chi connectivity index (χ2n) is 4.14. The fourth-order valence-electron chi connectivity index (χ4n) is 1.55. The fraction of sp³-hybridized carbons (Fsp3) is 0.308. The monoisotopic (exact) mass is 275 g/mol. The highest BCUT2D eigenvalue weighted by atomic mass is 16.6. The Morgan fingerprint density at radius 2 is 2.00 bits per heavy atom. The minimum Gasteiger partial charge on any atom is -0.354 e. The number of hydrogen-bond donors (Lipinski definition) is 1. The maximum Gasteiger partial charge on any atom is 0.269 e. The molecule has 7 heteroatoms. The van der Waals surface area contributed by atoms with Crippen LogP contribution in [0.5, 0.6) is 0 Å². The van der Waals surface area contributed by atoms with Crippen molar-refractivity contribution < 1.29 is 14.5 Å². The molecule has 20 heavy (non-hydrogen) atoms. The molecule has 0 fully saturated rings. The molecular weight excluding hydrogens is 262 g/mol. The van der Waals surface area contributed by atoms with Crippen LogP contribution in [-0.2, 0) is 16.0 Å². The SMILES string of the molecule is CC(=O)C(C#N)C(=O)NCCc1ccc([N+](=O)[O-])cc1. The first kappa shape index (κ1) is 15.3. The van der Waals surface area contributed by atoms with Gasteiger partial charge in [-0.1, -0.05) is 12.1 Å². The minimum atomic E-state index is -1.29. The number of nitriles is 1. The number of nitro groups is 1. The van der Waals surface area contributed by atoms with Gasteiger partial charge in [0.2, 0.25) is 5.91 Å². The van der Waals surface area contributed by atoms with Gasteiger partial charge < -0.3 is 5.32 Å². The maximum absolute atomic E-state index is 11.5. The Balaban J connectivity index is 2.48. The fourth-order valence-corrected chi connectivity index (χ4v) is 1.55. The maximum atomic E-state index is 11.5. The van der Waals surface area contributed by atoms with Crippen molar-refractivity contribution in [3.63, 3.8) is 0 Å². The standard InChI is InChI=1S/C13H13N3O4/c1-9(17)12(8-14)13(18)15-7-6-10-2-4-11(5-3-10)16(19)20/h2-5,12H,6-7H2,1H3,(H,15,18). The topological polar surface area (TPSA) is 113 Å². The Hall–Kier alpha value is -2.75. The number of carbonyl (C=O) groups excluding carboxylic acids is 2. The van der Waals surface area contributed by atoms with E-state index in [-0.39, 0.29) is 12.2 Å². The van der Waals surface area contributed by atoms with Crippen LogP contribution in [0.15, 0.2) is 24.3 Å². The van der Waals surface area contributed by atoms with Gasteiger partial charge in [0.15, 0.2) is 11.7 Å². The number of nitrogens with one attached hydrogen (secondary N) is 1. The van der Waals surface area contributed by atoms with E-state index in [4.69, 9.17) is 5.26 Å². The van der Waals surface area contributed by atoms with E-state index >= 15 is 0 Å². The number of nitro benzene ring substituents is 1. The molecule has 0 saturated heterocycles. The molecule has 0 spiro atoms. The molecule has 1 aromatic carbocycles. The first-order chi connectivity index (χ1) is 9.45. The molecule has 0 bridgehead atoms. The van der Waals surface area contributed by atoms with Crippen LogP contribution in [0.1, 0.15) is 12.5 Å². The Bertz CT molecular complexity index is 560. The van der Waals surface area contributed by atoms with Crippen LogP contribution in [0.25, 0.3) is 0 Å². The summed E-state index contributed by atoms with van der Waals surface area (Å²) in [5.74, 6) is -2.41. The molecule has 0 aliphatic heterocycles. The number of rotatable bonds is 6. The number of non-ortho nitro benzene ring substituents is 1. The molecule has 0 radical (unpaired) electrons. The normalized spacial score (nSPS) is 11.2. The van der Waals surface area contributed by atoms with Crippen LogP contribution in [0.4, 0.5) is 5.69 Å². The van der Waals surface area contributed by atoms with E-state index in [1.165, 1.54) is 19.1 Å². The molecule has 1 unspecified atom stereocenters. The summed E-state index contributed by atoms with van der Waals surface area (Å²) in [5, 5.41) is 21.6. The number of hydrogen-bond acceptors (Lipinski definition) is 5. The number of ketones is 1. The van der Waals surface area contributed by atoms with Crippen molar-refractivity contribution in [1.82, 2.24) is 5.32 Å². The molecule has 1 aromatic rings. The molecule has 0 aliphatic rings. The van der Waals surface area contributed by atoms with Crippen LogP contribution < -0.4 is 5.32 Å². The second kappa shape index (κ2) is 6.99. The van der Waals surface area contributed by atoms with Gasteiger partial charge in [0.25, 0.3) is 5.69 Å². The number of carbonyl (C=O) groups is 2. The van der Waals surface area contributed by atoms with Gasteiger partial charge in [-0.2, -0.15) is 5.26 Å². The van der Waals surface area contributed by atoms with Gasteiger partial charge in [0.1, 0.15) is 0 Å². The van der Waals surface area contributed by atoms with E-state index in [0.717, 1.165) is 5.56 Å². The van der Waals surface area contributed by atoms with Crippen molar-refractivity contribution in [3.8, 4) is 6.07 Å². The van der Waals surface area contributed by atoms with Gasteiger partial charge in [0.05, 0.1) is 11.0 Å². The lowest BCUT2D eigenvalue weighted by molar-refractivity contribution is -0.384. The third kappa shape index (κ3) is 4.17. The number of amides is 1. The summed E-state index contributed by atoms with van der Waals surface area (Å²) in [6, 6.07) is 7.58. The molecule has 0 heterocycles. The Morgan fingerprint density at radius 1 is 1.40 bits per heavy atom. The first-order valence-corrected chi connectivity index (χ1v) is 5.87. The average molecular weight is 275 g/mol. The van der Waals surface area contributed by atoms with E-state index in [1.54, 1.807) is 18.2 Å². The van der Waals surface area contributed by atoms with Crippen molar-refractivity contribution in [3.05, 3.63) is 39.9 Å². The van der Waals surface area contributed by atoms with E-state index in [0.29, 0.717) is 6.42 Å². The zero-order chi connectivity index (χ0) is 15.1. The summed E-state index contributed by atoms with van der Waals surface area (Å²) in [6.07, 6.45) is 0.458. The summed E-state index contributed by atoms with van der Waals surface area (Å²) < 4.78 is 0. The highest BCUT2D eigenvalue weighted by Crippen LogP contribution is 2.11. The van der Waals surface area contributed by atoms with Gasteiger partial charge in [-0.15, -0.1) is 0 Å². The van der Waals surface area contributed by atoms with E-state index < -0.39 is 22.5 Å². The number of nitrogens with zero attached hydrogens (tertiary/aromatic N) is 2. The molecule has 1 rings (SSSR count). The van der Waals surface area contributed by atoms with Crippen LogP contribution in [0, 0.1) is 27.4 Å². The lowest BCUT2D eigenvalue weighted by atomic mass is 10.1. The lowest BCUT2D eigenvalue weighted by Crippen LogP contribution is -2.34. The van der Waals surface area contributed by atoms with Gasteiger partial charge in [-0.3, -0.25) is 19.7 Å². The van der Waals surface area contributed by atoms with E-state index in [9.17, 15) is 19.7 Å². The zero-order valence-electron chi connectivity index (χ0n) is 10.8. The minimum absolute atomic E-state index is 0.00101. The highest BCUT2D eigenvalue weighted by Gasteiger charge is 2.21. The molecule has 104 valence electrons. The van der Waals surface area contributed by atoms with Gasteiger partial charge in [0, 0.05) is 18.7 Å². The Kier molecular flexibility index (Phi) is 5.35. The van der Waals surface area contributed by atoms with E-state index in [1.807, 2.05) is 0 Å². The van der Waals surface area contributed by atoms with Crippen molar-refractivity contribution >= 4 is 17.4 Å². The Morgan fingerprint density at radius 3 is 2.45 bits per heavy atom. The molecule has 7 nitrogen and oxygen atoms in total. The first-order valence-electron chi connectivity index (χ1n) is 5.87. The lowest BCUT2D eigenvalue weighted by Gasteiger charge is -2.07. The van der Waals surface area contributed by atoms with Crippen molar-refractivity contribution in [2.75, 3.05) is 6.54 Å². The summed E-state index contributed by atoms with van der Waals surface area (Å²) in [7, 11) is 0. The van der Waals surface area contributed by atoms with Crippen molar-refractivity contribution in [1.29, 1.82) is 5.26 Å². The summed E-state index contributed by atoms with van der Waals surface area (Å²) >= 11 is 0. The van der Waals surface area contributed by atoms with Crippen LogP contribution in [-0.4, -0.2) is 23.2 Å². The summed E-state index contributed by atoms with van der Waals surface area (Å²) in [5.41, 5.74) is 0.811. The molecule has 0 saturated carbocycles.